The Morgan fingerprint density at radius 3 is 2.73 bits per heavy atom. The molecule has 0 unspecified atom stereocenters. The SMILES string of the molecule is CCOCCOC(=O)c1ccnc(Nc2ccc(Cl)cc2)n1. The number of halogens is 1. The highest BCUT2D eigenvalue weighted by Crippen LogP contribution is 2.16. The fourth-order valence-corrected chi connectivity index (χ4v) is 1.73. The van der Waals surface area contributed by atoms with Gasteiger partial charge in [0.1, 0.15) is 6.61 Å². The number of rotatable bonds is 7. The van der Waals surface area contributed by atoms with Crippen LogP contribution in [0.15, 0.2) is 36.5 Å². The largest absolute Gasteiger partial charge is 0.459 e. The molecule has 0 aliphatic carbocycles. The van der Waals surface area contributed by atoms with Gasteiger partial charge in [-0.1, -0.05) is 11.6 Å². The van der Waals surface area contributed by atoms with Crippen LogP contribution < -0.4 is 5.32 Å². The number of benzene rings is 1. The third kappa shape index (κ3) is 4.98. The summed E-state index contributed by atoms with van der Waals surface area (Å²) in [7, 11) is 0. The van der Waals surface area contributed by atoms with Crippen LogP contribution in [0.25, 0.3) is 0 Å². The number of ether oxygens (including phenoxy) is 2. The van der Waals surface area contributed by atoms with Crippen molar-refractivity contribution in [1.29, 1.82) is 0 Å². The Bertz CT molecular complexity index is 620. The molecule has 0 fully saturated rings. The molecule has 0 bridgehead atoms. The molecule has 2 aromatic rings. The van der Waals surface area contributed by atoms with Gasteiger partial charge < -0.3 is 14.8 Å². The summed E-state index contributed by atoms with van der Waals surface area (Å²) in [5.41, 5.74) is 0.953. The fourth-order valence-electron chi connectivity index (χ4n) is 1.61. The van der Waals surface area contributed by atoms with Crippen molar-refractivity contribution < 1.29 is 14.3 Å². The molecule has 0 amide bonds. The predicted molar refractivity (Wildman–Crippen MR) is 83.5 cm³/mol. The number of nitrogens with zero attached hydrogens (tertiary/aromatic N) is 2. The number of esters is 1. The molecule has 6 nitrogen and oxygen atoms in total. The zero-order chi connectivity index (χ0) is 15.8. The highest BCUT2D eigenvalue weighted by molar-refractivity contribution is 6.30. The Labute approximate surface area is 133 Å². The van der Waals surface area contributed by atoms with Crippen molar-refractivity contribution in [2.45, 2.75) is 6.92 Å². The van der Waals surface area contributed by atoms with E-state index in [9.17, 15) is 4.79 Å². The second-order valence-electron chi connectivity index (χ2n) is 4.23. The normalized spacial score (nSPS) is 10.3. The maximum atomic E-state index is 11.8. The Kier molecular flexibility index (Phi) is 6.12. The van der Waals surface area contributed by atoms with Gasteiger partial charge in [0, 0.05) is 23.5 Å². The maximum absolute atomic E-state index is 11.8. The van der Waals surface area contributed by atoms with Gasteiger partial charge in [0.15, 0.2) is 5.69 Å². The first-order chi connectivity index (χ1) is 10.7. The van der Waals surface area contributed by atoms with E-state index in [0.29, 0.717) is 24.2 Å². The van der Waals surface area contributed by atoms with Crippen molar-refractivity contribution in [2.75, 3.05) is 25.1 Å². The van der Waals surface area contributed by atoms with Crippen molar-refractivity contribution in [3.8, 4) is 0 Å². The van der Waals surface area contributed by atoms with Crippen LogP contribution in [-0.2, 0) is 9.47 Å². The van der Waals surface area contributed by atoms with Crippen molar-refractivity contribution in [3.63, 3.8) is 0 Å². The van der Waals surface area contributed by atoms with Gasteiger partial charge in [0.2, 0.25) is 5.95 Å². The van der Waals surface area contributed by atoms with Gasteiger partial charge in [-0.05, 0) is 37.3 Å². The van der Waals surface area contributed by atoms with Gasteiger partial charge >= 0.3 is 5.97 Å². The second-order valence-corrected chi connectivity index (χ2v) is 4.67. The highest BCUT2D eigenvalue weighted by Gasteiger charge is 2.10. The average Bonchev–Trinajstić information content (AvgIpc) is 2.54. The van der Waals surface area contributed by atoms with Crippen LogP contribution in [0.3, 0.4) is 0 Å². The van der Waals surface area contributed by atoms with Crippen LogP contribution in [-0.4, -0.2) is 35.8 Å². The fraction of sp³-hybridized carbons (Fsp3) is 0.267. The molecule has 0 radical (unpaired) electrons. The molecule has 0 spiro atoms. The number of carbonyl (C=O) groups excluding carboxylic acids is 1. The molecule has 22 heavy (non-hydrogen) atoms. The van der Waals surface area contributed by atoms with E-state index in [1.807, 2.05) is 6.92 Å². The monoisotopic (exact) mass is 321 g/mol. The summed E-state index contributed by atoms with van der Waals surface area (Å²) >= 11 is 5.82. The van der Waals surface area contributed by atoms with Crippen LogP contribution in [0.4, 0.5) is 11.6 Å². The Balaban J connectivity index is 1.97. The Morgan fingerprint density at radius 1 is 1.23 bits per heavy atom. The summed E-state index contributed by atoms with van der Waals surface area (Å²) < 4.78 is 10.2. The molecule has 7 heteroatoms. The molecule has 0 atom stereocenters. The number of aromatic nitrogens is 2. The highest BCUT2D eigenvalue weighted by atomic mass is 35.5. The lowest BCUT2D eigenvalue weighted by atomic mass is 10.3. The summed E-state index contributed by atoms with van der Waals surface area (Å²) in [6.07, 6.45) is 1.49. The van der Waals surface area contributed by atoms with Gasteiger partial charge in [-0.3, -0.25) is 0 Å². The molecule has 1 aromatic heterocycles. The van der Waals surface area contributed by atoms with E-state index >= 15 is 0 Å². The number of hydrogen-bond donors (Lipinski definition) is 1. The summed E-state index contributed by atoms with van der Waals surface area (Å²) in [5, 5.41) is 3.63. The van der Waals surface area contributed by atoms with Crippen molar-refractivity contribution in [2.24, 2.45) is 0 Å². The first-order valence-corrected chi connectivity index (χ1v) is 7.17. The summed E-state index contributed by atoms with van der Waals surface area (Å²) in [6.45, 7) is 3.01. The van der Waals surface area contributed by atoms with E-state index in [4.69, 9.17) is 21.1 Å². The first kappa shape index (κ1) is 16.2. The van der Waals surface area contributed by atoms with Crippen molar-refractivity contribution in [1.82, 2.24) is 9.97 Å². The van der Waals surface area contributed by atoms with E-state index in [2.05, 4.69) is 15.3 Å². The lowest BCUT2D eigenvalue weighted by Crippen LogP contribution is -2.13. The van der Waals surface area contributed by atoms with Gasteiger partial charge in [-0.15, -0.1) is 0 Å². The summed E-state index contributed by atoms with van der Waals surface area (Å²) in [6, 6.07) is 8.57. The standard InChI is InChI=1S/C15H16ClN3O3/c1-2-21-9-10-22-14(20)13-7-8-17-15(19-13)18-12-5-3-11(16)4-6-12/h3-8H,2,9-10H2,1H3,(H,17,18,19). The molecule has 1 N–H and O–H groups in total. The van der Waals surface area contributed by atoms with Crippen LogP contribution in [0, 0.1) is 0 Å². The molecule has 0 saturated carbocycles. The van der Waals surface area contributed by atoms with Crippen molar-refractivity contribution in [3.05, 3.63) is 47.2 Å². The lowest BCUT2D eigenvalue weighted by Gasteiger charge is -2.07. The van der Waals surface area contributed by atoms with E-state index in [1.54, 1.807) is 24.3 Å². The number of carbonyl (C=O) groups is 1. The molecule has 0 aliphatic heterocycles. The van der Waals surface area contributed by atoms with E-state index < -0.39 is 5.97 Å². The van der Waals surface area contributed by atoms with E-state index in [0.717, 1.165) is 5.69 Å². The molecule has 116 valence electrons. The molecular weight excluding hydrogens is 306 g/mol. The average molecular weight is 322 g/mol. The Hall–Kier alpha value is -2.18. The number of nitrogens with one attached hydrogen (secondary N) is 1. The zero-order valence-corrected chi connectivity index (χ0v) is 12.8. The molecule has 0 saturated heterocycles. The Morgan fingerprint density at radius 2 is 2.00 bits per heavy atom. The van der Waals surface area contributed by atoms with Crippen LogP contribution >= 0.6 is 11.6 Å². The zero-order valence-electron chi connectivity index (χ0n) is 12.1. The summed E-state index contributed by atoms with van der Waals surface area (Å²) in [4.78, 5) is 20.0. The molecule has 1 aromatic carbocycles. The van der Waals surface area contributed by atoms with Crippen LogP contribution in [0.2, 0.25) is 5.02 Å². The third-order valence-corrected chi connectivity index (χ3v) is 2.88. The van der Waals surface area contributed by atoms with Gasteiger partial charge in [-0.25, -0.2) is 14.8 Å². The lowest BCUT2D eigenvalue weighted by molar-refractivity contribution is 0.0329. The summed E-state index contributed by atoms with van der Waals surface area (Å²) in [5.74, 6) is -0.206. The van der Waals surface area contributed by atoms with Gasteiger partial charge in [0.25, 0.3) is 0 Å². The van der Waals surface area contributed by atoms with E-state index in [1.165, 1.54) is 12.3 Å². The minimum absolute atomic E-state index is 0.183. The topological polar surface area (TPSA) is 73.3 Å². The van der Waals surface area contributed by atoms with Crippen molar-refractivity contribution >= 4 is 29.2 Å². The number of hydrogen-bond acceptors (Lipinski definition) is 6. The maximum Gasteiger partial charge on any atom is 0.357 e. The molecule has 0 aliphatic rings. The quantitative estimate of drug-likeness (QED) is 0.624. The smallest absolute Gasteiger partial charge is 0.357 e. The second kappa shape index (κ2) is 8.31. The van der Waals surface area contributed by atoms with Crippen LogP contribution in [0.5, 0.6) is 0 Å². The minimum atomic E-state index is -0.513. The van der Waals surface area contributed by atoms with Crippen LogP contribution in [0.1, 0.15) is 17.4 Å². The number of anilines is 2. The molecule has 1 heterocycles. The van der Waals surface area contributed by atoms with E-state index in [-0.39, 0.29) is 12.3 Å². The minimum Gasteiger partial charge on any atom is -0.459 e. The molecule has 2 rings (SSSR count). The predicted octanol–water partition coefficient (Wildman–Crippen LogP) is 3.07. The third-order valence-electron chi connectivity index (χ3n) is 2.63. The van der Waals surface area contributed by atoms with Gasteiger partial charge in [-0.2, -0.15) is 0 Å². The first-order valence-electron chi connectivity index (χ1n) is 6.79. The molecular formula is C15H16ClN3O3. The van der Waals surface area contributed by atoms with Gasteiger partial charge in [0.05, 0.1) is 6.61 Å².